The highest BCUT2D eigenvalue weighted by atomic mass is 19.3. The van der Waals surface area contributed by atoms with Crippen molar-refractivity contribution in [1.82, 2.24) is 29.3 Å². The smallest absolute Gasteiger partial charge is 0.265 e. The number of carbonyl (C=O) groups is 2. The van der Waals surface area contributed by atoms with Crippen LogP contribution in [0.15, 0.2) is 30.3 Å². The van der Waals surface area contributed by atoms with Crippen LogP contribution in [0, 0.1) is 23.6 Å². The summed E-state index contributed by atoms with van der Waals surface area (Å²) in [7, 11) is 0. The number of nitrogens with two attached hydrogens (primary N) is 1. The number of aromatic nitrogens is 4. The molecule has 48 heavy (non-hydrogen) atoms. The number of likely N-dealkylation sites (tertiary alicyclic amines) is 1. The normalized spacial score (nSPS) is 30.0. The number of hydrogen-bond acceptors (Lipinski definition) is 5. The molecule has 2 aliphatic heterocycles. The average Bonchev–Trinajstić information content (AvgIpc) is 3.93. The van der Waals surface area contributed by atoms with Crippen LogP contribution in [0.25, 0.3) is 33.6 Å². The molecule has 2 amide bonds. The van der Waals surface area contributed by atoms with Crippen LogP contribution in [0.3, 0.4) is 0 Å². The quantitative estimate of drug-likeness (QED) is 0.276. The van der Waals surface area contributed by atoms with E-state index in [9.17, 15) is 9.59 Å². The van der Waals surface area contributed by atoms with Gasteiger partial charge in [-0.05, 0) is 94.4 Å². The molecule has 5 aliphatic rings. The highest BCUT2D eigenvalue weighted by Gasteiger charge is 2.44. The average molecular weight is 660 g/mol. The lowest BCUT2D eigenvalue weighted by Crippen LogP contribution is -2.51. The second kappa shape index (κ2) is 10.8. The SMILES string of the molecule is C[C@H]1NC(=O)[C@@H]2C[C@H]2CCCC(F)(F)Cn2c(-c3nc4cc(C(=O)N5C[C@H](N)[C@@H]6CC[C@H]5C6)c(F)cc4n3C3CC3)cc3ccc1nc32. The summed E-state index contributed by atoms with van der Waals surface area (Å²) in [6.45, 7) is 1.68. The molecular weight excluding hydrogens is 619 g/mol. The molecule has 3 aliphatic carbocycles. The fourth-order valence-corrected chi connectivity index (χ4v) is 8.70. The number of fused-ring (bicyclic) bond motifs is 5. The van der Waals surface area contributed by atoms with E-state index in [1.807, 2.05) is 29.7 Å². The van der Waals surface area contributed by atoms with Gasteiger partial charge in [0.25, 0.3) is 11.8 Å². The van der Waals surface area contributed by atoms with Gasteiger partial charge < -0.3 is 25.1 Å². The van der Waals surface area contributed by atoms with Gasteiger partial charge in [-0.2, -0.15) is 0 Å². The van der Waals surface area contributed by atoms with Crippen molar-refractivity contribution in [2.45, 2.75) is 101 Å². The first kappa shape index (κ1) is 30.2. The van der Waals surface area contributed by atoms with Gasteiger partial charge in [0.15, 0.2) is 5.82 Å². The third-order valence-electron chi connectivity index (χ3n) is 11.6. The molecule has 1 saturated heterocycles. The largest absolute Gasteiger partial charge is 0.348 e. The molecule has 3 N–H and O–H groups in total. The number of pyridine rings is 1. The van der Waals surface area contributed by atoms with E-state index in [0.717, 1.165) is 38.5 Å². The number of hydrogen-bond donors (Lipinski definition) is 2. The summed E-state index contributed by atoms with van der Waals surface area (Å²) >= 11 is 0. The first-order chi connectivity index (χ1) is 23.0. The lowest BCUT2D eigenvalue weighted by atomic mass is 9.94. The minimum atomic E-state index is -3.03. The van der Waals surface area contributed by atoms with Crippen LogP contribution in [0.5, 0.6) is 0 Å². The number of halogens is 3. The minimum Gasteiger partial charge on any atom is -0.348 e. The van der Waals surface area contributed by atoms with Crippen LogP contribution in [0.1, 0.15) is 92.8 Å². The molecule has 6 atom stereocenters. The van der Waals surface area contributed by atoms with Crippen molar-refractivity contribution in [1.29, 1.82) is 0 Å². The van der Waals surface area contributed by atoms with E-state index in [1.165, 1.54) is 12.1 Å². The van der Waals surface area contributed by atoms with Crippen LogP contribution < -0.4 is 11.1 Å². The molecule has 9 nitrogen and oxygen atoms in total. The summed E-state index contributed by atoms with van der Waals surface area (Å²) < 4.78 is 51.0. The number of nitrogens with one attached hydrogen (secondary N) is 1. The maximum atomic E-state index is 15.9. The highest BCUT2D eigenvalue weighted by Crippen LogP contribution is 2.46. The van der Waals surface area contributed by atoms with E-state index in [-0.39, 0.29) is 53.8 Å². The van der Waals surface area contributed by atoms with Crippen LogP contribution in [-0.4, -0.2) is 60.4 Å². The van der Waals surface area contributed by atoms with Gasteiger partial charge in [0.05, 0.1) is 40.6 Å². The van der Waals surface area contributed by atoms with Gasteiger partial charge in [0.2, 0.25) is 5.91 Å². The maximum Gasteiger partial charge on any atom is 0.265 e. The summed E-state index contributed by atoms with van der Waals surface area (Å²) in [4.78, 5) is 38.2. The summed E-state index contributed by atoms with van der Waals surface area (Å²) in [5.74, 6) is -3.21. The Hall–Kier alpha value is -3.93. The molecule has 12 heteroatoms. The van der Waals surface area contributed by atoms with E-state index in [2.05, 4.69) is 5.32 Å². The maximum absolute atomic E-state index is 15.9. The third-order valence-corrected chi connectivity index (χ3v) is 11.6. The van der Waals surface area contributed by atoms with Gasteiger partial charge >= 0.3 is 0 Å². The number of benzene rings is 1. The molecule has 3 saturated carbocycles. The van der Waals surface area contributed by atoms with Crippen molar-refractivity contribution in [3.05, 3.63) is 47.4 Å². The third kappa shape index (κ3) is 5.01. The molecule has 0 unspecified atom stereocenters. The molecule has 252 valence electrons. The van der Waals surface area contributed by atoms with Gasteiger partial charge in [0.1, 0.15) is 11.5 Å². The molecule has 4 fully saturated rings. The Labute approximate surface area is 276 Å². The Balaban J connectivity index is 1.16. The number of carbonyl (C=O) groups excluding carboxylic acids is 2. The highest BCUT2D eigenvalue weighted by molar-refractivity contribution is 5.99. The lowest BCUT2D eigenvalue weighted by molar-refractivity contribution is -0.123. The molecule has 9 rings (SSSR count). The first-order valence-electron chi connectivity index (χ1n) is 17.5. The van der Waals surface area contributed by atoms with Crippen LogP contribution in [0.4, 0.5) is 13.2 Å². The molecule has 3 aromatic heterocycles. The zero-order valence-electron chi connectivity index (χ0n) is 27.0. The van der Waals surface area contributed by atoms with Crippen molar-refractivity contribution >= 4 is 33.9 Å². The second-order valence-corrected chi connectivity index (χ2v) is 15.1. The number of imidazole rings is 1. The molecule has 4 bridgehead atoms. The number of amides is 2. The molecular formula is C36H40F3N7O2. The predicted molar refractivity (Wildman–Crippen MR) is 174 cm³/mol. The van der Waals surface area contributed by atoms with Gasteiger partial charge in [0, 0.05) is 48.5 Å². The second-order valence-electron chi connectivity index (χ2n) is 15.1. The topological polar surface area (TPSA) is 111 Å². The van der Waals surface area contributed by atoms with Crippen LogP contribution in [-0.2, 0) is 11.3 Å². The number of alkyl halides is 2. The minimum absolute atomic E-state index is 0.0385. The van der Waals surface area contributed by atoms with E-state index >= 15 is 13.2 Å². The van der Waals surface area contributed by atoms with Crippen LogP contribution >= 0.6 is 0 Å². The number of nitrogens with zero attached hydrogens (tertiary/aromatic N) is 5. The molecule has 5 heterocycles. The lowest BCUT2D eigenvalue weighted by Gasteiger charge is -2.37. The van der Waals surface area contributed by atoms with E-state index in [1.54, 1.807) is 9.47 Å². The zero-order valence-corrected chi connectivity index (χ0v) is 27.0. The van der Waals surface area contributed by atoms with E-state index in [4.69, 9.17) is 15.7 Å². The van der Waals surface area contributed by atoms with Crippen LogP contribution in [0.2, 0.25) is 0 Å². The van der Waals surface area contributed by atoms with Crippen molar-refractivity contribution < 1.29 is 22.8 Å². The van der Waals surface area contributed by atoms with Gasteiger partial charge in [-0.1, -0.05) is 0 Å². The Kier molecular flexibility index (Phi) is 6.78. The molecule has 0 radical (unpaired) electrons. The summed E-state index contributed by atoms with van der Waals surface area (Å²) in [5.41, 5.74) is 8.75. The van der Waals surface area contributed by atoms with Crippen molar-refractivity contribution in [2.24, 2.45) is 23.5 Å². The standard InChI is InChI=1S/C36H40F3N7O2/c1-18-28-9-5-21-13-31(45(32(21)42-28)17-36(38,39)10-2-3-19-12-24(19)34(47)41-18)33-43-29-14-25(26(37)15-30(29)46(33)22-7-8-22)35(48)44-16-27(40)20-4-6-23(44)11-20/h5,9,13-15,18-20,22-24,27H,2-4,6-8,10-12,16-17,40H2,1H3,(H,41,47)/t18-,19-,20-,23+,24-,27+/m1/s1. The summed E-state index contributed by atoms with van der Waals surface area (Å²) in [5, 5.41) is 3.75. The van der Waals surface area contributed by atoms with Gasteiger partial charge in [-0.25, -0.2) is 23.1 Å². The van der Waals surface area contributed by atoms with E-state index < -0.39 is 24.3 Å². The fourth-order valence-electron chi connectivity index (χ4n) is 8.70. The Morgan fingerprint density at radius 1 is 1.02 bits per heavy atom. The number of piperidine rings is 1. The predicted octanol–water partition coefficient (Wildman–Crippen LogP) is 6.11. The fraction of sp³-hybridized carbons (Fsp3) is 0.556. The van der Waals surface area contributed by atoms with E-state index in [0.29, 0.717) is 64.6 Å². The van der Waals surface area contributed by atoms with Crippen molar-refractivity contribution in [3.8, 4) is 11.5 Å². The Morgan fingerprint density at radius 3 is 2.65 bits per heavy atom. The zero-order chi connectivity index (χ0) is 33.1. The molecule has 0 spiro atoms. The summed E-state index contributed by atoms with van der Waals surface area (Å²) in [6.07, 6.45) is 5.74. The Bertz CT molecular complexity index is 1980. The summed E-state index contributed by atoms with van der Waals surface area (Å²) in [6, 6.07) is 7.98. The van der Waals surface area contributed by atoms with Gasteiger partial charge in [-0.15, -0.1) is 0 Å². The van der Waals surface area contributed by atoms with Crippen molar-refractivity contribution in [3.63, 3.8) is 0 Å². The van der Waals surface area contributed by atoms with Gasteiger partial charge in [-0.3, -0.25) is 9.59 Å². The first-order valence-corrected chi connectivity index (χ1v) is 17.5. The number of rotatable bonds is 3. The molecule has 1 aromatic carbocycles. The molecule has 4 aromatic rings. The Morgan fingerprint density at radius 2 is 1.83 bits per heavy atom. The monoisotopic (exact) mass is 659 g/mol. The van der Waals surface area contributed by atoms with Crippen molar-refractivity contribution in [2.75, 3.05) is 6.54 Å².